The lowest BCUT2D eigenvalue weighted by atomic mass is 10.3. The summed E-state index contributed by atoms with van der Waals surface area (Å²) < 4.78 is 0.971. The molecule has 0 aromatic carbocycles. The van der Waals surface area contributed by atoms with Gasteiger partial charge in [-0.15, -0.1) is 0 Å². The summed E-state index contributed by atoms with van der Waals surface area (Å²) in [5, 5.41) is 3.22. The minimum Gasteiger partial charge on any atom is -0.369 e. The van der Waals surface area contributed by atoms with Crippen LogP contribution >= 0.6 is 15.9 Å². The van der Waals surface area contributed by atoms with Gasteiger partial charge in [0.05, 0.1) is 0 Å². The number of aryl methyl sites for hydroxylation is 1. The van der Waals surface area contributed by atoms with Crippen molar-refractivity contribution in [2.45, 2.75) is 26.2 Å². The van der Waals surface area contributed by atoms with Crippen molar-refractivity contribution in [2.24, 2.45) is 0 Å². The molecule has 2 rings (SSSR count). The van der Waals surface area contributed by atoms with Crippen LogP contribution in [0.25, 0.3) is 0 Å². The van der Waals surface area contributed by atoms with Crippen molar-refractivity contribution in [3.8, 4) is 0 Å². The molecule has 5 heteroatoms. The number of nitrogens with zero attached hydrogens (tertiary/aromatic N) is 2. The molecular formula is C13H18BrN3O. The van der Waals surface area contributed by atoms with Gasteiger partial charge in [0.15, 0.2) is 0 Å². The monoisotopic (exact) mass is 311 g/mol. The van der Waals surface area contributed by atoms with Crippen LogP contribution in [0, 0.1) is 6.92 Å². The first-order valence-corrected chi connectivity index (χ1v) is 7.10. The van der Waals surface area contributed by atoms with Crippen LogP contribution in [0.2, 0.25) is 0 Å². The molecule has 0 unspecified atom stereocenters. The minimum absolute atomic E-state index is 0.245. The molecule has 1 aromatic rings. The zero-order chi connectivity index (χ0) is 13.0. The van der Waals surface area contributed by atoms with Crippen LogP contribution in [0.15, 0.2) is 16.7 Å². The number of hydrogen-bond acceptors (Lipinski definition) is 3. The first-order valence-electron chi connectivity index (χ1n) is 6.30. The molecule has 2 heterocycles. The van der Waals surface area contributed by atoms with Crippen molar-refractivity contribution in [3.05, 3.63) is 22.3 Å². The fraction of sp³-hybridized carbons (Fsp3) is 0.538. The van der Waals surface area contributed by atoms with Crippen LogP contribution in [0.1, 0.15) is 24.8 Å². The number of halogens is 1. The summed E-state index contributed by atoms with van der Waals surface area (Å²) in [6, 6.07) is 2.01. The maximum atomic E-state index is 11.8. The third-order valence-electron chi connectivity index (χ3n) is 3.13. The van der Waals surface area contributed by atoms with Crippen LogP contribution < -0.4 is 5.32 Å². The predicted octanol–water partition coefficient (Wildman–Crippen LogP) is 2.58. The number of anilines is 1. The number of likely N-dealkylation sites (tertiary alicyclic amines) is 1. The number of amides is 1. The number of carbonyl (C=O) groups is 1. The molecule has 0 spiro atoms. The van der Waals surface area contributed by atoms with Crippen molar-refractivity contribution < 1.29 is 4.79 Å². The van der Waals surface area contributed by atoms with Crippen molar-refractivity contribution >= 4 is 27.7 Å². The molecule has 1 amide bonds. The van der Waals surface area contributed by atoms with E-state index < -0.39 is 0 Å². The lowest BCUT2D eigenvalue weighted by Crippen LogP contribution is -2.29. The maximum absolute atomic E-state index is 11.8. The van der Waals surface area contributed by atoms with E-state index in [2.05, 4.69) is 26.2 Å². The van der Waals surface area contributed by atoms with Gasteiger partial charge in [0.1, 0.15) is 5.82 Å². The van der Waals surface area contributed by atoms with Gasteiger partial charge in [0.2, 0.25) is 5.91 Å². The van der Waals surface area contributed by atoms with Gasteiger partial charge >= 0.3 is 0 Å². The largest absolute Gasteiger partial charge is 0.369 e. The average molecular weight is 312 g/mol. The number of aromatic nitrogens is 1. The summed E-state index contributed by atoms with van der Waals surface area (Å²) in [7, 11) is 0. The third-order valence-corrected chi connectivity index (χ3v) is 3.57. The number of carbonyl (C=O) groups excluding carboxylic acids is 1. The van der Waals surface area contributed by atoms with E-state index in [4.69, 9.17) is 0 Å². The molecule has 0 aliphatic carbocycles. The Morgan fingerprint density at radius 1 is 1.50 bits per heavy atom. The molecule has 0 saturated carbocycles. The molecule has 0 radical (unpaired) electrons. The summed E-state index contributed by atoms with van der Waals surface area (Å²) in [5.74, 6) is 1.10. The highest BCUT2D eigenvalue weighted by Crippen LogP contribution is 2.16. The SMILES string of the molecule is Cc1cc(Br)cnc1NCCC(=O)N1CCCC1. The van der Waals surface area contributed by atoms with Crippen LogP contribution in [0.5, 0.6) is 0 Å². The lowest BCUT2D eigenvalue weighted by molar-refractivity contribution is -0.129. The Morgan fingerprint density at radius 3 is 2.89 bits per heavy atom. The van der Waals surface area contributed by atoms with Gasteiger partial charge in [0.25, 0.3) is 0 Å². The second kappa shape index (κ2) is 6.18. The van der Waals surface area contributed by atoms with E-state index in [1.54, 1.807) is 6.20 Å². The van der Waals surface area contributed by atoms with Crippen LogP contribution in [-0.4, -0.2) is 35.4 Å². The van der Waals surface area contributed by atoms with Crippen LogP contribution in [-0.2, 0) is 4.79 Å². The molecule has 18 heavy (non-hydrogen) atoms. The van der Waals surface area contributed by atoms with E-state index in [0.717, 1.165) is 41.8 Å². The number of nitrogens with one attached hydrogen (secondary N) is 1. The molecule has 98 valence electrons. The van der Waals surface area contributed by atoms with Crippen LogP contribution in [0.4, 0.5) is 5.82 Å². The highest BCUT2D eigenvalue weighted by molar-refractivity contribution is 9.10. The second-order valence-corrected chi connectivity index (χ2v) is 5.50. The quantitative estimate of drug-likeness (QED) is 0.929. The Balaban J connectivity index is 1.79. The summed E-state index contributed by atoms with van der Waals surface area (Å²) >= 11 is 3.38. The Morgan fingerprint density at radius 2 is 2.22 bits per heavy atom. The topological polar surface area (TPSA) is 45.2 Å². The summed E-state index contributed by atoms with van der Waals surface area (Å²) in [6.07, 6.45) is 4.59. The minimum atomic E-state index is 0.245. The fourth-order valence-electron chi connectivity index (χ4n) is 2.14. The van der Waals surface area contributed by atoms with E-state index in [9.17, 15) is 4.79 Å². The smallest absolute Gasteiger partial charge is 0.224 e. The Kier molecular flexibility index (Phi) is 4.58. The summed E-state index contributed by atoms with van der Waals surface area (Å²) in [6.45, 7) is 4.50. The van der Waals surface area contributed by atoms with Crippen molar-refractivity contribution in [1.29, 1.82) is 0 Å². The molecule has 0 atom stereocenters. The number of hydrogen-bond donors (Lipinski definition) is 1. The van der Waals surface area contributed by atoms with Crippen molar-refractivity contribution in [2.75, 3.05) is 25.0 Å². The predicted molar refractivity (Wildman–Crippen MR) is 75.6 cm³/mol. The maximum Gasteiger partial charge on any atom is 0.224 e. The first-order chi connectivity index (χ1) is 8.66. The average Bonchev–Trinajstić information content (AvgIpc) is 2.85. The molecule has 1 aromatic heterocycles. The van der Waals surface area contributed by atoms with Gasteiger partial charge in [0, 0.05) is 36.7 Å². The molecule has 1 saturated heterocycles. The fourth-order valence-corrected chi connectivity index (χ4v) is 2.58. The summed E-state index contributed by atoms with van der Waals surface area (Å²) in [5.41, 5.74) is 1.08. The first kappa shape index (κ1) is 13.3. The Labute approximate surface area is 116 Å². The number of rotatable bonds is 4. The van der Waals surface area contributed by atoms with E-state index in [-0.39, 0.29) is 5.91 Å². The second-order valence-electron chi connectivity index (χ2n) is 4.58. The van der Waals surface area contributed by atoms with Gasteiger partial charge in [-0.2, -0.15) is 0 Å². The number of pyridine rings is 1. The van der Waals surface area contributed by atoms with E-state index >= 15 is 0 Å². The zero-order valence-corrected chi connectivity index (χ0v) is 12.2. The van der Waals surface area contributed by atoms with Gasteiger partial charge in [-0.05, 0) is 47.3 Å². The van der Waals surface area contributed by atoms with Crippen molar-refractivity contribution in [3.63, 3.8) is 0 Å². The molecule has 0 bridgehead atoms. The Hall–Kier alpha value is -1.10. The van der Waals surface area contributed by atoms with Gasteiger partial charge in [-0.25, -0.2) is 4.98 Å². The van der Waals surface area contributed by atoms with Gasteiger partial charge in [-0.1, -0.05) is 0 Å². The molecule has 4 nitrogen and oxygen atoms in total. The zero-order valence-electron chi connectivity index (χ0n) is 10.6. The standard InChI is InChI=1S/C13H18BrN3O/c1-10-8-11(14)9-16-13(10)15-5-4-12(18)17-6-2-3-7-17/h8-9H,2-7H2,1H3,(H,15,16). The lowest BCUT2D eigenvalue weighted by Gasteiger charge is -2.15. The normalized spacial score (nSPS) is 14.9. The van der Waals surface area contributed by atoms with Gasteiger partial charge < -0.3 is 10.2 Å². The van der Waals surface area contributed by atoms with E-state index in [1.165, 1.54) is 0 Å². The van der Waals surface area contributed by atoms with Crippen LogP contribution in [0.3, 0.4) is 0 Å². The highest BCUT2D eigenvalue weighted by atomic mass is 79.9. The molecule has 1 aliphatic rings. The molecule has 1 aliphatic heterocycles. The van der Waals surface area contributed by atoms with E-state index in [0.29, 0.717) is 13.0 Å². The molecular weight excluding hydrogens is 294 g/mol. The molecule has 1 N–H and O–H groups in total. The third kappa shape index (κ3) is 3.45. The summed E-state index contributed by atoms with van der Waals surface area (Å²) in [4.78, 5) is 18.1. The van der Waals surface area contributed by atoms with E-state index in [1.807, 2.05) is 17.9 Å². The molecule has 1 fully saturated rings. The van der Waals surface area contributed by atoms with Crippen molar-refractivity contribution in [1.82, 2.24) is 9.88 Å². The van der Waals surface area contributed by atoms with Gasteiger partial charge in [-0.3, -0.25) is 4.79 Å². The highest BCUT2D eigenvalue weighted by Gasteiger charge is 2.17. The Bertz CT molecular complexity index is 430.